The molecule has 3 heteroatoms. The average Bonchev–Trinajstić information content (AvgIpc) is 2.81. The molecule has 0 amide bonds. The Balaban J connectivity index is 1.85. The van der Waals surface area contributed by atoms with Crippen LogP contribution in [0.25, 0.3) is 10.2 Å². The van der Waals surface area contributed by atoms with Gasteiger partial charge in [-0.3, -0.25) is 0 Å². The fourth-order valence-electron chi connectivity index (χ4n) is 2.81. The molecule has 2 aromatic rings. The van der Waals surface area contributed by atoms with Crippen molar-refractivity contribution in [2.24, 2.45) is 5.41 Å². The molecule has 1 aromatic heterocycles. The van der Waals surface area contributed by atoms with Gasteiger partial charge in [-0.15, -0.1) is 11.3 Å². The number of aliphatic hydroxyl groups is 1. The minimum atomic E-state index is -0.102. The summed E-state index contributed by atoms with van der Waals surface area (Å²) in [5.74, 6) is 0. The van der Waals surface area contributed by atoms with Gasteiger partial charge in [0.2, 0.25) is 0 Å². The second-order valence-corrected chi connectivity index (χ2v) is 6.57. The molecule has 2 unspecified atom stereocenters. The first-order chi connectivity index (χ1) is 8.15. The molecule has 0 radical (unpaired) electrons. The van der Waals surface area contributed by atoms with E-state index in [2.05, 4.69) is 30.1 Å². The predicted molar refractivity (Wildman–Crippen MR) is 71.3 cm³/mol. The van der Waals surface area contributed by atoms with Crippen LogP contribution in [0.2, 0.25) is 0 Å². The highest BCUT2D eigenvalue weighted by atomic mass is 32.1. The molecule has 0 saturated heterocycles. The fourth-order valence-corrected chi connectivity index (χ4v) is 3.99. The van der Waals surface area contributed by atoms with Gasteiger partial charge in [0, 0.05) is 6.42 Å². The summed E-state index contributed by atoms with van der Waals surface area (Å²) in [5, 5.41) is 10.9. The van der Waals surface area contributed by atoms with E-state index >= 15 is 0 Å². The lowest BCUT2D eigenvalue weighted by Crippen LogP contribution is -2.16. The maximum absolute atomic E-state index is 9.67. The molecule has 1 heterocycles. The molecule has 1 aliphatic carbocycles. The molecule has 1 aromatic carbocycles. The molecule has 1 N–H and O–H groups in total. The van der Waals surface area contributed by atoms with Gasteiger partial charge in [-0.2, -0.15) is 0 Å². The third-order valence-corrected chi connectivity index (χ3v) is 4.76. The Morgan fingerprint density at radius 1 is 1.47 bits per heavy atom. The van der Waals surface area contributed by atoms with E-state index in [1.54, 1.807) is 11.3 Å². The van der Waals surface area contributed by atoms with Gasteiger partial charge in [0.25, 0.3) is 0 Å². The number of thiazole rings is 1. The predicted octanol–water partition coefficient (Wildman–Crippen LogP) is 3.39. The van der Waals surface area contributed by atoms with E-state index < -0.39 is 0 Å². The van der Waals surface area contributed by atoms with Crippen molar-refractivity contribution in [1.82, 2.24) is 4.98 Å². The van der Waals surface area contributed by atoms with Crippen LogP contribution in [0.3, 0.4) is 0 Å². The summed E-state index contributed by atoms with van der Waals surface area (Å²) < 4.78 is 1.27. The summed E-state index contributed by atoms with van der Waals surface area (Å²) >= 11 is 1.79. The lowest BCUT2D eigenvalue weighted by Gasteiger charge is -2.21. The maximum Gasteiger partial charge on any atom is 0.0944 e. The number of aromatic nitrogens is 1. The monoisotopic (exact) mass is 247 g/mol. The highest BCUT2D eigenvalue weighted by Crippen LogP contribution is 2.41. The normalized spacial score (nSPS) is 28.9. The fraction of sp³-hybridized carbons (Fsp3) is 0.500. The zero-order valence-electron chi connectivity index (χ0n) is 10.0. The molecular weight excluding hydrogens is 230 g/mol. The Kier molecular flexibility index (Phi) is 2.68. The van der Waals surface area contributed by atoms with Gasteiger partial charge in [0.1, 0.15) is 0 Å². The summed E-state index contributed by atoms with van der Waals surface area (Å²) in [6, 6.07) is 8.29. The second-order valence-electron chi connectivity index (χ2n) is 5.46. The van der Waals surface area contributed by atoms with Crippen molar-refractivity contribution >= 4 is 21.6 Å². The van der Waals surface area contributed by atoms with Gasteiger partial charge in [-0.05, 0) is 36.8 Å². The molecule has 0 spiro atoms. The zero-order valence-corrected chi connectivity index (χ0v) is 10.8. The van der Waals surface area contributed by atoms with Gasteiger partial charge in [-0.25, -0.2) is 4.98 Å². The number of benzene rings is 1. The van der Waals surface area contributed by atoms with Crippen LogP contribution in [0.5, 0.6) is 0 Å². The van der Waals surface area contributed by atoms with Crippen molar-refractivity contribution < 1.29 is 5.11 Å². The van der Waals surface area contributed by atoms with E-state index in [4.69, 9.17) is 0 Å². The summed E-state index contributed by atoms with van der Waals surface area (Å²) in [6.07, 6.45) is 3.88. The summed E-state index contributed by atoms with van der Waals surface area (Å²) in [4.78, 5) is 4.68. The van der Waals surface area contributed by atoms with Crippen molar-refractivity contribution in [3.63, 3.8) is 0 Å². The first-order valence-corrected chi connectivity index (χ1v) is 6.99. The molecule has 2 nitrogen and oxygen atoms in total. The smallest absolute Gasteiger partial charge is 0.0944 e. The number of hydrogen-bond acceptors (Lipinski definition) is 3. The third-order valence-electron chi connectivity index (χ3n) is 3.73. The average molecular weight is 247 g/mol. The Bertz CT molecular complexity index is 503. The highest BCUT2D eigenvalue weighted by molar-refractivity contribution is 7.18. The van der Waals surface area contributed by atoms with E-state index in [1.165, 1.54) is 9.71 Å². The lowest BCUT2D eigenvalue weighted by atomic mass is 9.85. The van der Waals surface area contributed by atoms with E-state index in [0.717, 1.165) is 31.2 Å². The highest BCUT2D eigenvalue weighted by Gasteiger charge is 2.34. The van der Waals surface area contributed by atoms with E-state index in [1.807, 2.05) is 6.07 Å². The first-order valence-electron chi connectivity index (χ1n) is 6.17. The van der Waals surface area contributed by atoms with Gasteiger partial charge in [0.15, 0.2) is 0 Å². The molecule has 1 fully saturated rings. The van der Waals surface area contributed by atoms with Crippen LogP contribution in [-0.2, 0) is 6.42 Å². The van der Waals surface area contributed by atoms with Gasteiger partial charge in [-0.1, -0.05) is 19.1 Å². The Labute approximate surface area is 105 Å². The molecule has 3 rings (SSSR count). The van der Waals surface area contributed by atoms with E-state index in [0.29, 0.717) is 0 Å². The Hall–Kier alpha value is -0.930. The molecule has 17 heavy (non-hydrogen) atoms. The minimum Gasteiger partial charge on any atom is -0.393 e. The van der Waals surface area contributed by atoms with Crippen LogP contribution >= 0.6 is 11.3 Å². The third kappa shape index (κ3) is 2.22. The summed E-state index contributed by atoms with van der Waals surface area (Å²) in [6.45, 7) is 2.27. The molecule has 1 aliphatic rings. The topological polar surface area (TPSA) is 33.1 Å². The van der Waals surface area contributed by atoms with Gasteiger partial charge >= 0.3 is 0 Å². The van der Waals surface area contributed by atoms with Crippen LogP contribution in [0.1, 0.15) is 31.2 Å². The molecule has 1 saturated carbocycles. The molecule has 0 aliphatic heterocycles. The Morgan fingerprint density at radius 2 is 2.29 bits per heavy atom. The SMILES string of the molecule is CC1(Cc2nc3ccccc3s2)CCC(O)C1. The van der Waals surface area contributed by atoms with E-state index in [-0.39, 0.29) is 11.5 Å². The number of rotatable bonds is 2. The van der Waals surface area contributed by atoms with Crippen LogP contribution in [0, 0.1) is 5.41 Å². The molecular formula is C14H17NOS. The summed E-state index contributed by atoms with van der Waals surface area (Å²) in [7, 11) is 0. The van der Waals surface area contributed by atoms with Gasteiger partial charge < -0.3 is 5.11 Å². The van der Waals surface area contributed by atoms with Gasteiger partial charge in [0.05, 0.1) is 21.3 Å². The van der Waals surface area contributed by atoms with Crippen LogP contribution in [0.15, 0.2) is 24.3 Å². The van der Waals surface area contributed by atoms with Crippen LogP contribution < -0.4 is 0 Å². The van der Waals surface area contributed by atoms with Crippen LogP contribution in [-0.4, -0.2) is 16.2 Å². The molecule has 0 bridgehead atoms. The molecule has 2 atom stereocenters. The summed E-state index contributed by atoms with van der Waals surface area (Å²) in [5.41, 5.74) is 1.35. The number of nitrogens with zero attached hydrogens (tertiary/aromatic N) is 1. The van der Waals surface area contributed by atoms with Crippen molar-refractivity contribution in [2.75, 3.05) is 0 Å². The van der Waals surface area contributed by atoms with Crippen molar-refractivity contribution in [1.29, 1.82) is 0 Å². The minimum absolute atomic E-state index is 0.102. The number of aliphatic hydroxyl groups excluding tert-OH is 1. The zero-order chi connectivity index (χ0) is 11.9. The molecule has 90 valence electrons. The van der Waals surface area contributed by atoms with E-state index in [9.17, 15) is 5.11 Å². The Morgan fingerprint density at radius 3 is 3.00 bits per heavy atom. The lowest BCUT2D eigenvalue weighted by molar-refractivity contribution is 0.163. The van der Waals surface area contributed by atoms with Crippen molar-refractivity contribution in [3.05, 3.63) is 29.3 Å². The van der Waals surface area contributed by atoms with Crippen molar-refractivity contribution in [2.45, 2.75) is 38.7 Å². The quantitative estimate of drug-likeness (QED) is 0.882. The maximum atomic E-state index is 9.67. The van der Waals surface area contributed by atoms with Crippen LogP contribution in [0.4, 0.5) is 0 Å². The second kappa shape index (κ2) is 4.07. The number of hydrogen-bond donors (Lipinski definition) is 1. The first kappa shape index (κ1) is 11.2. The number of para-hydroxylation sites is 1. The largest absolute Gasteiger partial charge is 0.393 e. The number of fused-ring (bicyclic) bond motifs is 1. The van der Waals surface area contributed by atoms with Crippen molar-refractivity contribution in [3.8, 4) is 0 Å². The standard InChI is InChI=1S/C14H17NOS/c1-14(7-6-10(16)8-14)9-13-15-11-4-2-3-5-12(11)17-13/h2-5,10,16H,6-9H2,1H3.